The van der Waals surface area contributed by atoms with E-state index >= 15 is 0 Å². The molecule has 7 heteroatoms. The molecule has 3 rings (SSSR count). The molecule has 1 amide bonds. The van der Waals surface area contributed by atoms with Crippen molar-refractivity contribution in [2.45, 2.75) is 26.4 Å². The topological polar surface area (TPSA) is 62.7 Å². The number of thiophene rings is 1. The highest BCUT2D eigenvalue weighted by molar-refractivity contribution is 9.11. The van der Waals surface area contributed by atoms with Crippen molar-refractivity contribution in [2.24, 2.45) is 0 Å². The average molecular weight is 367 g/mol. The zero-order valence-corrected chi connectivity index (χ0v) is 14.1. The molecule has 110 valence electrons. The number of rotatable bonds is 4. The van der Waals surface area contributed by atoms with E-state index in [2.05, 4.69) is 45.1 Å². The maximum Gasteiger partial charge on any atom is 0.268 e. The van der Waals surface area contributed by atoms with Gasteiger partial charge in [-0.05, 0) is 41.9 Å². The molecule has 5 nitrogen and oxygen atoms in total. The van der Waals surface area contributed by atoms with Crippen LogP contribution in [0.4, 0.5) is 0 Å². The van der Waals surface area contributed by atoms with Gasteiger partial charge in [0.05, 0.1) is 32.6 Å². The highest BCUT2D eigenvalue weighted by atomic mass is 79.9. The van der Waals surface area contributed by atoms with Gasteiger partial charge in [-0.2, -0.15) is 0 Å². The number of hydrogen-bond acceptors (Lipinski definition) is 3. The number of fused-ring (bicyclic) bond motifs is 1. The van der Waals surface area contributed by atoms with Gasteiger partial charge in [-0.25, -0.2) is 4.98 Å². The number of nitrogens with zero attached hydrogens (tertiary/aromatic N) is 2. The van der Waals surface area contributed by atoms with Crippen molar-refractivity contribution in [3.05, 3.63) is 39.8 Å². The van der Waals surface area contributed by atoms with Crippen LogP contribution in [0.15, 0.2) is 28.4 Å². The van der Waals surface area contributed by atoms with Crippen LogP contribution in [0.2, 0.25) is 0 Å². The van der Waals surface area contributed by atoms with Crippen molar-refractivity contribution in [3.8, 4) is 0 Å². The van der Waals surface area contributed by atoms with Gasteiger partial charge < -0.3 is 14.9 Å². The van der Waals surface area contributed by atoms with Crippen LogP contribution < -0.4 is 5.32 Å². The molecule has 21 heavy (non-hydrogen) atoms. The number of H-pyrrole nitrogens is 1. The molecule has 0 aliphatic rings. The minimum Gasteiger partial charge on any atom is -0.350 e. The molecule has 0 radical (unpaired) electrons. The lowest BCUT2D eigenvalue weighted by atomic mass is 10.3. The number of hydrogen-bond donors (Lipinski definition) is 2. The van der Waals surface area contributed by atoms with Crippen LogP contribution in [-0.2, 0) is 6.54 Å². The lowest BCUT2D eigenvalue weighted by Crippen LogP contribution is -2.23. The Labute approximate surface area is 134 Å². The Morgan fingerprint density at radius 2 is 2.33 bits per heavy atom. The van der Waals surface area contributed by atoms with Gasteiger partial charge in [-0.1, -0.05) is 0 Å². The van der Waals surface area contributed by atoms with Crippen LogP contribution in [0.5, 0.6) is 0 Å². The molecular weight excluding hydrogens is 352 g/mol. The zero-order valence-electron chi connectivity index (χ0n) is 11.7. The summed E-state index contributed by atoms with van der Waals surface area (Å²) >= 11 is 5.03. The minimum atomic E-state index is -0.117. The van der Waals surface area contributed by atoms with E-state index in [4.69, 9.17) is 0 Å². The van der Waals surface area contributed by atoms with Crippen molar-refractivity contribution >= 4 is 43.4 Å². The van der Waals surface area contributed by atoms with Gasteiger partial charge >= 0.3 is 0 Å². The normalized spacial score (nSPS) is 11.4. The van der Waals surface area contributed by atoms with E-state index in [1.54, 1.807) is 17.7 Å². The molecule has 0 aromatic carbocycles. The smallest absolute Gasteiger partial charge is 0.268 e. The molecule has 0 saturated heterocycles. The van der Waals surface area contributed by atoms with Gasteiger partial charge in [-0.3, -0.25) is 4.79 Å². The Hall–Kier alpha value is -1.60. The predicted molar refractivity (Wildman–Crippen MR) is 87.7 cm³/mol. The Morgan fingerprint density at radius 3 is 3.00 bits per heavy atom. The van der Waals surface area contributed by atoms with Gasteiger partial charge in [0.1, 0.15) is 5.69 Å². The molecule has 3 heterocycles. The summed E-state index contributed by atoms with van der Waals surface area (Å²) in [5, 5.41) is 2.88. The monoisotopic (exact) mass is 366 g/mol. The van der Waals surface area contributed by atoms with Crippen molar-refractivity contribution in [1.82, 2.24) is 19.9 Å². The first kappa shape index (κ1) is 14.3. The molecule has 3 aromatic heterocycles. The predicted octanol–water partition coefficient (Wildman–Crippen LogP) is 3.70. The fourth-order valence-corrected chi connectivity index (χ4v) is 3.57. The second-order valence-electron chi connectivity index (χ2n) is 5.10. The molecule has 3 aromatic rings. The number of nitrogens with one attached hydrogen (secondary N) is 2. The van der Waals surface area contributed by atoms with Crippen LogP contribution in [0.3, 0.4) is 0 Å². The highest BCUT2D eigenvalue weighted by Gasteiger charge is 2.12. The number of halogens is 1. The standard InChI is InChI=1S/C14H15BrN4OS/c1-8(2)19-6-9(17-7-19)5-16-14(20)11-3-12-10(18-11)4-13(15)21-12/h3-4,6-8,18H,5H2,1-2H3,(H,16,20). The summed E-state index contributed by atoms with van der Waals surface area (Å²) in [5.41, 5.74) is 2.40. The summed E-state index contributed by atoms with van der Waals surface area (Å²) in [5.74, 6) is -0.117. The molecule has 0 aliphatic heterocycles. The fraction of sp³-hybridized carbons (Fsp3) is 0.286. The fourth-order valence-electron chi connectivity index (χ4n) is 2.03. The van der Waals surface area contributed by atoms with Gasteiger partial charge in [0, 0.05) is 12.2 Å². The minimum absolute atomic E-state index is 0.117. The summed E-state index contributed by atoms with van der Waals surface area (Å²) in [6.07, 6.45) is 3.74. The quantitative estimate of drug-likeness (QED) is 0.739. The van der Waals surface area contributed by atoms with E-state index in [-0.39, 0.29) is 5.91 Å². The Kier molecular flexibility index (Phi) is 3.86. The largest absolute Gasteiger partial charge is 0.350 e. The van der Waals surface area contributed by atoms with Crippen LogP contribution >= 0.6 is 27.3 Å². The molecule has 0 saturated carbocycles. The molecule has 0 unspecified atom stereocenters. The number of imidazole rings is 1. The number of amides is 1. The Morgan fingerprint density at radius 1 is 1.52 bits per heavy atom. The molecule has 0 atom stereocenters. The van der Waals surface area contributed by atoms with Crippen molar-refractivity contribution in [1.29, 1.82) is 0 Å². The van der Waals surface area contributed by atoms with E-state index in [0.29, 0.717) is 18.3 Å². The van der Waals surface area contributed by atoms with E-state index < -0.39 is 0 Å². The van der Waals surface area contributed by atoms with E-state index in [1.165, 1.54) is 0 Å². The van der Waals surface area contributed by atoms with E-state index in [1.807, 2.05) is 22.9 Å². The summed E-state index contributed by atoms with van der Waals surface area (Å²) < 4.78 is 4.13. The molecule has 0 fully saturated rings. The number of carbonyl (C=O) groups is 1. The first-order valence-electron chi connectivity index (χ1n) is 6.61. The second kappa shape index (κ2) is 5.65. The van der Waals surface area contributed by atoms with E-state index in [9.17, 15) is 4.79 Å². The molecule has 0 spiro atoms. The van der Waals surface area contributed by atoms with Gasteiger partial charge in [-0.15, -0.1) is 11.3 Å². The zero-order chi connectivity index (χ0) is 15.0. The number of carbonyl (C=O) groups excluding carboxylic acids is 1. The molecule has 0 bridgehead atoms. The lowest BCUT2D eigenvalue weighted by molar-refractivity contribution is 0.0946. The van der Waals surface area contributed by atoms with Crippen molar-refractivity contribution < 1.29 is 4.79 Å². The summed E-state index contributed by atoms with van der Waals surface area (Å²) in [6.45, 7) is 4.61. The maximum atomic E-state index is 12.1. The second-order valence-corrected chi connectivity index (χ2v) is 7.56. The molecule has 2 N–H and O–H groups in total. The van der Waals surface area contributed by atoms with Crippen molar-refractivity contribution in [2.75, 3.05) is 0 Å². The van der Waals surface area contributed by atoms with Gasteiger partial charge in [0.25, 0.3) is 5.91 Å². The van der Waals surface area contributed by atoms with Gasteiger partial charge in [0.2, 0.25) is 0 Å². The highest BCUT2D eigenvalue weighted by Crippen LogP contribution is 2.29. The average Bonchev–Trinajstić information content (AvgIpc) is 3.09. The van der Waals surface area contributed by atoms with Crippen LogP contribution in [0, 0.1) is 0 Å². The van der Waals surface area contributed by atoms with Gasteiger partial charge in [0.15, 0.2) is 0 Å². The summed E-state index contributed by atoms with van der Waals surface area (Å²) in [7, 11) is 0. The SMILES string of the molecule is CC(C)n1cnc(CNC(=O)c2cc3sc(Br)cc3[nH]2)c1. The first-order valence-corrected chi connectivity index (χ1v) is 8.22. The Bertz CT molecular complexity index is 754. The summed E-state index contributed by atoms with van der Waals surface area (Å²) in [6, 6.07) is 4.21. The molecular formula is C14H15BrN4OS. The van der Waals surface area contributed by atoms with Crippen molar-refractivity contribution in [3.63, 3.8) is 0 Å². The van der Waals surface area contributed by atoms with Crippen LogP contribution in [-0.4, -0.2) is 20.4 Å². The molecule has 0 aliphatic carbocycles. The third kappa shape index (κ3) is 3.03. The number of aromatic amines is 1. The summed E-state index contributed by atoms with van der Waals surface area (Å²) in [4.78, 5) is 19.5. The number of aromatic nitrogens is 3. The van der Waals surface area contributed by atoms with E-state index in [0.717, 1.165) is 19.7 Å². The third-order valence-electron chi connectivity index (χ3n) is 3.20. The maximum absolute atomic E-state index is 12.1. The lowest BCUT2D eigenvalue weighted by Gasteiger charge is -2.04. The van der Waals surface area contributed by atoms with Crippen LogP contribution in [0.25, 0.3) is 10.2 Å². The Balaban J connectivity index is 1.66. The van der Waals surface area contributed by atoms with Crippen LogP contribution in [0.1, 0.15) is 36.1 Å². The first-order chi connectivity index (χ1) is 10.0. The third-order valence-corrected chi connectivity index (χ3v) is 4.79.